The summed E-state index contributed by atoms with van der Waals surface area (Å²) in [6.07, 6.45) is 6.46. The van der Waals surface area contributed by atoms with Gasteiger partial charge in [0, 0.05) is 18.0 Å². The summed E-state index contributed by atoms with van der Waals surface area (Å²) in [4.78, 5) is 8.10. The van der Waals surface area contributed by atoms with Gasteiger partial charge in [-0.25, -0.2) is 9.67 Å². The minimum Gasteiger partial charge on any atom is -0.391 e. The molecule has 0 fully saturated rings. The van der Waals surface area contributed by atoms with Crippen molar-refractivity contribution in [2.45, 2.75) is 26.4 Å². The van der Waals surface area contributed by atoms with Gasteiger partial charge in [0.05, 0.1) is 18.5 Å². The highest BCUT2D eigenvalue weighted by Crippen LogP contribution is 2.23. The van der Waals surface area contributed by atoms with Gasteiger partial charge in [0.25, 0.3) is 0 Å². The maximum atomic E-state index is 9.31. The third-order valence-electron chi connectivity index (χ3n) is 2.42. The molecule has 0 amide bonds. The highest BCUT2D eigenvalue weighted by Gasteiger charge is 2.16. The van der Waals surface area contributed by atoms with Crippen LogP contribution in [0.15, 0.2) is 18.6 Å². The molecule has 0 saturated carbocycles. The van der Waals surface area contributed by atoms with Gasteiger partial charge < -0.3 is 5.11 Å². The van der Waals surface area contributed by atoms with Crippen molar-refractivity contribution < 1.29 is 5.11 Å². The fourth-order valence-corrected chi connectivity index (χ4v) is 1.91. The number of aliphatic hydroxyl groups is 1. The fraction of sp³-hybridized carbons (Fsp3) is 0.364. The molecule has 2 rings (SSSR count). The monoisotopic (exact) mass is 252 g/mol. The van der Waals surface area contributed by atoms with Gasteiger partial charge in [0.15, 0.2) is 5.82 Å². The lowest BCUT2D eigenvalue weighted by Gasteiger charge is -2.00. The first-order chi connectivity index (χ1) is 8.27. The second-order valence-corrected chi connectivity index (χ2v) is 3.96. The van der Waals surface area contributed by atoms with Gasteiger partial charge in [-0.2, -0.15) is 5.10 Å². The Kier molecular flexibility index (Phi) is 3.71. The van der Waals surface area contributed by atoms with E-state index in [1.165, 1.54) is 4.68 Å². The normalized spacial score (nSPS) is 10.8. The maximum Gasteiger partial charge on any atom is 0.173 e. The van der Waals surface area contributed by atoms with E-state index in [0.717, 1.165) is 18.5 Å². The van der Waals surface area contributed by atoms with Gasteiger partial charge in [-0.15, -0.1) is 0 Å². The van der Waals surface area contributed by atoms with E-state index in [1.54, 1.807) is 18.6 Å². The van der Waals surface area contributed by atoms with Gasteiger partial charge in [-0.3, -0.25) is 4.98 Å². The van der Waals surface area contributed by atoms with Crippen molar-refractivity contribution in [1.82, 2.24) is 19.7 Å². The summed E-state index contributed by atoms with van der Waals surface area (Å²) in [5.41, 5.74) is 1.48. The average Bonchev–Trinajstić information content (AvgIpc) is 2.67. The molecule has 6 heteroatoms. The Bertz CT molecular complexity index is 498. The van der Waals surface area contributed by atoms with Gasteiger partial charge >= 0.3 is 0 Å². The van der Waals surface area contributed by atoms with Gasteiger partial charge in [-0.1, -0.05) is 24.9 Å². The quantitative estimate of drug-likeness (QED) is 0.901. The Morgan fingerprint density at radius 1 is 1.41 bits per heavy atom. The summed E-state index contributed by atoms with van der Waals surface area (Å²) in [5.74, 6) is 0.551. The number of halogens is 1. The molecule has 0 aliphatic rings. The number of aromatic nitrogens is 4. The molecule has 0 bridgehead atoms. The second kappa shape index (κ2) is 5.25. The molecule has 90 valence electrons. The van der Waals surface area contributed by atoms with E-state index < -0.39 is 0 Å². The predicted octanol–water partition coefficient (Wildman–Crippen LogP) is 1.76. The van der Waals surface area contributed by atoms with Crippen molar-refractivity contribution in [3.63, 3.8) is 0 Å². The lowest BCUT2D eigenvalue weighted by Crippen LogP contribution is -2.00. The Hall–Kier alpha value is -1.46. The van der Waals surface area contributed by atoms with Crippen LogP contribution < -0.4 is 0 Å². The number of hydrogen-bond donors (Lipinski definition) is 1. The van der Waals surface area contributed by atoms with Crippen molar-refractivity contribution in [3.8, 4) is 5.82 Å². The number of hydrogen-bond acceptors (Lipinski definition) is 4. The number of aliphatic hydroxyl groups excluding tert-OH is 1. The lowest BCUT2D eigenvalue weighted by molar-refractivity contribution is 0.280. The molecule has 2 aromatic heterocycles. The Morgan fingerprint density at radius 3 is 2.82 bits per heavy atom. The Morgan fingerprint density at radius 2 is 2.24 bits per heavy atom. The smallest absolute Gasteiger partial charge is 0.173 e. The lowest BCUT2D eigenvalue weighted by atomic mass is 10.2. The van der Waals surface area contributed by atoms with E-state index in [1.807, 2.05) is 0 Å². The van der Waals surface area contributed by atoms with E-state index in [9.17, 15) is 5.11 Å². The van der Waals surface area contributed by atoms with Crippen LogP contribution in [0.3, 0.4) is 0 Å². The summed E-state index contributed by atoms with van der Waals surface area (Å²) >= 11 is 6.17. The molecule has 17 heavy (non-hydrogen) atoms. The highest BCUT2D eigenvalue weighted by molar-refractivity contribution is 6.30. The van der Waals surface area contributed by atoms with Crippen molar-refractivity contribution >= 4 is 11.6 Å². The van der Waals surface area contributed by atoms with E-state index in [0.29, 0.717) is 16.5 Å². The van der Waals surface area contributed by atoms with Crippen molar-refractivity contribution in [2.75, 3.05) is 0 Å². The van der Waals surface area contributed by atoms with Crippen LogP contribution in [0.5, 0.6) is 0 Å². The van der Waals surface area contributed by atoms with E-state index in [-0.39, 0.29) is 6.61 Å². The van der Waals surface area contributed by atoms with Gasteiger partial charge in [-0.05, 0) is 6.42 Å². The minimum absolute atomic E-state index is 0.117. The molecule has 0 atom stereocenters. The van der Waals surface area contributed by atoms with Crippen LogP contribution in [0.4, 0.5) is 0 Å². The van der Waals surface area contributed by atoms with Crippen LogP contribution in [0.25, 0.3) is 5.82 Å². The third kappa shape index (κ3) is 2.30. The first-order valence-electron chi connectivity index (χ1n) is 5.41. The maximum absolute atomic E-state index is 9.31. The molecule has 2 heterocycles. The molecule has 2 aromatic rings. The largest absolute Gasteiger partial charge is 0.391 e. The molecule has 0 aromatic carbocycles. The van der Waals surface area contributed by atoms with E-state index in [2.05, 4.69) is 22.0 Å². The van der Waals surface area contributed by atoms with Crippen LogP contribution in [0, 0.1) is 0 Å². The molecule has 5 nitrogen and oxygen atoms in total. The summed E-state index contributed by atoms with van der Waals surface area (Å²) in [7, 11) is 0. The molecule has 0 radical (unpaired) electrons. The van der Waals surface area contributed by atoms with Crippen LogP contribution in [0.1, 0.15) is 24.6 Å². The molecule has 0 spiro atoms. The topological polar surface area (TPSA) is 63.8 Å². The Labute approximate surface area is 104 Å². The molecule has 0 unspecified atom stereocenters. The molecule has 0 saturated heterocycles. The highest BCUT2D eigenvalue weighted by atomic mass is 35.5. The number of rotatable bonds is 4. The molecular formula is C11H13ClN4O. The zero-order valence-corrected chi connectivity index (χ0v) is 10.2. The molecule has 0 aliphatic heterocycles. The minimum atomic E-state index is -0.117. The van der Waals surface area contributed by atoms with Crippen molar-refractivity contribution in [1.29, 1.82) is 0 Å². The molecule has 1 N–H and O–H groups in total. The SMILES string of the molecule is CCCc1nn(-c2cnccn2)c(Cl)c1CO. The predicted molar refractivity (Wildman–Crippen MR) is 64.1 cm³/mol. The van der Waals surface area contributed by atoms with Crippen LogP contribution in [-0.2, 0) is 13.0 Å². The summed E-state index contributed by atoms with van der Waals surface area (Å²) < 4.78 is 1.51. The summed E-state index contributed by atoms with van der Waals surface area (Å²) in [5, 5.41) is 14.1. The van der Waals surface area contributed by atoms with Crippen molar-refractivity contribution in [3.05, 3.63) is 35.0 Å². The van der Waals surface area contributed by atoms with Crippen LogP contribution in [0.2, 0.25) is 5.15 Å². The number of nitrogens with zero attached hydrogens (tertiary/aromatic N) is 4. The fourth-order valence-electron chi connectivity index (χ4n) is 1.62. The third-order valence-corrected chi connectivity index (χ3v) is 2.80. The zero-order chi connectivity index (χ0) is 12.3. The van der Waals surface area contributed by atoms with Gasteiger partial charge in [0.2, 0.25) is 0 Å². The Balaban J connectivity index is 2.49. The standard InChI is InChI=1S/C11H13ClN4O/c1-2-3-9-8(7-17)11(12)16(15-9)10-6-13-4-5-14-10/h4-6,17H,2-3,7H2,1H3. The van der Waals surface area contributed by atoms with Crippen LogP contribution in [-0.4, -0.2) is 24.9 Å². The zero-order valence-electron chi connectivity index (χ0n) is 9.47. The van der Waals surface area contributed by atoms with E-state index >= 15 is 0 Å². The molecular weight excluding hydrogens is 240 g/mol. The second-order valence-electron chi connectivity index (χ2n) is 3.60. The van der Waals surface area contributed by atoms with E-state index in [4.69, 9.17) is 11.6 Å². The number of aryl methyl sites for hydroxylation is 1. The summed E-state index contributed by atoms with van der Waals surface area (Å²) in [6, 6.07) is 0. The van der Waals surface area contributed by atoms with Crippen molar-refractivity contribution in [2.24, 2.45) is 0 Å². The van der Waals surface area contributed by atoms with Gasteiger partial charge in [0.1, 0.15) is 5.15 Å². The summed E-state index contributed by atoms with van der Waals surface area (Å²) in [6.45, 7) is 1.94. The first kappa shape index (κ1) is 12.0. The first-order valence-corrected chi connectivity index (χ1v) is 5.79. The average molecular weight is 253 g/mol. The van der Waals surface area contributed by atoms with Crippen LogP contribution >= 0.6 is 11.6 Å². The molecule has 0 aliphatic carbocycles.